The Labute approximate surface area is 78.8 Å². The highest BCUT2D eigenvalue weighted by Gasteiger charge is 2.01. The molecule has 0 spiro atoms. The van der Waals surface area contributed by atoms with E-state index in [0.717, 1.165) is 4.88 Å². The molecule has 6 heteroatoms. The molecule has 0 saturated carbocycles. The Morgan fingerprint density at radius 2 is 2.46 bits per heavy atom. The van der Waals surface area contributed by atoms with E-state index >= 15 is 0 Å². The van der Waals surface area contributed by atoms with Crippen LogP contribution in [0.15, 0.2) is 16.1 Å². The maximum Gasteiger partial charge on any atom is 0.315 e. The third-order valence-electron chi connectivity index (χ3n) is 1.42. The molecule has 0 saturated heterocycles. The first-order valence-electron chi connectivity index (χ1n) is 3.76. The Morgan fingerprint density at radius 1 is 1.54 bits per heavy atom. The smallest absolute Gasteiger partial charge is 0.315 e. The molecule has 0 aliphatic rings. The molecule has 0 atom stereocenters. The first-order valence-corrected chi connectivity index (χ1v) is 4.64. The Morgan fingerprint density at radius 3 is 3.08 bits per heavy atom. The number of nitrogens with one attached hydrogen (secondary N) is 1. The number of rotatable bonds is 3. The lowest BCUT2D eigenvalue weighted by Gasteiger charge is -1.95. The first kappa shape index (κ1) is 8.18. The maximum absolute atomic E-state index is 5.13. The molecule has 2 rings (SSSR count). The lowest BCUT2D eigenvalue weighted by molar-refractivity contribution is 0.531. The second-order valence-electron chi connectivity index (χ2n) is 2.45. The summed E-state index contributed by atoms with van der Waals surface area (Å²) in [6, 6.07) is 0.450. The van der Waals surface area contributed by atoms with Gasteiger partial charge in [0.1, 0.15) is 0 Å². The van der Waals surface area contributed by atoms with E-state index in [1.807, 2.05) is 0 Å². The van der Waals surface area contributed by atoms with Crippen molar-refractivity contribution in [1.29, 1.82) is 0 Å². The highest BCUT2D eigenvalue weighted by molar-refractivity contribution is 7.09. The van der Waals surface area contributed by atoms with Crippen LogP contribution in [-0.4, -0.2) is 15.2 Å². The SMILES string of the molecule is Cc1nnc(NCc2cncs2)o1. The van der Waals surface area contributed by atoms with Gasteiger partial charge in [-0.15, -0.1) is 16.4 Å². The number of hydrogen-bond donors (Lipinski definition) is 1. The van der Waals surface area contributed by atoms with Gasteiger partial charge in [-0.3, -0.25) is 4.98 Å². The van der Waals surface area contributed by atoms with Crippen molar-refractivity contribution in [3.8, 4) is 0 Å². The first-order chi connectivity index (χ1) is 6.34. The van der Waals surface area contributed by atoms with E-state index in [1.165, 1.54) is 0 Å². The molecular formula is C7H8N4OS. The van der Waals surface area contributed by atoms with Crippen molar-refractivity contribution in [2.75, 3.05) is 5.32 Å². The van der Waals surface area contributed by atoms with Crippen LogP contribution >= 0.6 is 11.3 Å². The summed E-state index contributed by atoms with van der Waals surface area (Å²) in [7, 11) is 0. The van der Waals surface area contributed by atoms with Crippen LogP contribution in [-0.2, 0) is 6.54 Å². The van der Waals surface area contributed by atoms with Gasteiger partial charge in [-0.1, -0.05) is 5.10 Å². The largest absolute Gasteiger partial charge is 0.408 e. The molecule has 13 heavy (non-hydrogen) atoms. The summed E-state index contributed by atoms with van der Waals surface area (Å²) in [5.41, 5.74) is 1.79. The maximum atomic E-state index is 5.13. The standard InChI is InChI=1S/C7H8N4OS/c1-5-10-11-7(12-5)9-3-6-2-8-4-13-6/h2,4H,3H2,1H3,(H,9,11). The summed E-state index contributed by atoms with van der Waals surface area (Å²) >= 11 is 1.59. The molecule has 2 aromatic heterocycles. The monoisotopic (exact) mass is 196 g/mol. The Balaban J connectivity index is 1.93. The summed E-state index contributed by atoms with van der Waals surface area (Å²) in [5, 5.41) is 10.5. The van der Waals surface area contributed by atoms with Gasteiger partial charge in [-0.25, -0.2) is 0 Å². The quantitative estimate of drug-likeness (QED) is 0.804. The summed E-state index contributed by atoms with van der Waals surface area (Å²) in [6.07, 6.45) is 1.81. The van der Waals surface area contributed by atoms with Crippen LogP contribution < -0.4 is 5.32 Å². The van der Waals surface area contributed by atoms with Gasteiger partial charge in [0, 0.05) is 18.0 Å². The molecule has 0 unspecified atom stereocenters. The number of anilines is 1. The zero-order valence-electron chi connectivity index (χ0n) is 7.02. The molecule has 0 aliphatic carbocycles. The van der Waals surface area contributed by atoms with E-state index in [2.05, 4.69) is 20.5 Å². The lowest BCUT2D eigenvalue weighted by atomic mass is 10.5. The van der Waals surface area contributed by atoms with Crippen LogP contribution in [0.2, 0.25) is 0 Å². The van der Waals surface area contributed by atoms with Gasteiger partial charge in [0.05, 0.1) is 12.1 Å². The number of nitrogens with zero attached hydrogens (tertiary/aromatic N) is 3. The molecule has 0 fully saturated rings. The molecular weight excluding hydrogens is 188 g/mol. The van der Waals surface area contributed by atoms with E-state index in [1.54, 1.807) is 30.0 Å². The Kier molecular flexibility index (Phi) is 2.22. The van der Waals surface area contributed by atoms with Crippen molar-refractivity contribution in [2.24, 2.45) is 0 Å². The van der Waals surface area contributed by atoms with Crippen molar-refractivity contribution in [3.63, 3.8) is 0 Å². The third kappa shape index (κ3) is 2.03. The second kappa shape index (κ2) is 3.53. The van der Waals surface area contributed by atoms with Crippen molar-refractivity contribution < 1.29 is 4.42 Å². The van der Waals surface area contributed by atoms with E-state index in [9.17, 15) is 0 Å². The van der Waals surface area contributed by atoms with Crippen LogP contribution in [0.3, 0.4) is 0 Å². The number of aryl methyl sites for hydroxylation is 1. The van der Waals surface area contributed by atoms with Crippen LogP contribution in [0.5, 0.6) is 0 Å². The van der Waals surface area contributed by atoms with Gasteiger partial charge < -0.3 is 9.73 Å². The minimum Gasteiger partial charge on any atom is -0.408 e. The van der Waals surface area contributed by atoms with Crippen LogP contribution in [0, 0.1) is 6.92 Å². The molecule has 0 aliphatic heterocycles. The number of hydrogen-bond acceptors (Lipinski definition) is 6. The number of aromatic nitrogens is 3. The third-order valence-corrected chi connectivity index (χ3v) is 2.20. The molecule has 5 nitrogen and oxygen atoms in total. The van der Waals surface area contributed by atoms with Crippen LogP contribution in [0.4, 0.5) is 6.01 Å². The topological polar surface area (TPSA) is 63.8 Å². The van der Waals surface area contributed by atoms with Crippen molar-refractivity contribution >= 4 is 17.4 Å². The fourth-order valence-electron chi connectivity index (χ4n) is 0.860. The van der Waals surface area contributed by atoms with E-state index in [0.29, 0.717) is 18.5 Å². The van der Waals surface area contributed by atoms with Gasteiger partial charge in [0.2, 0.25) is 5.89 Å². The van der Waals surface area contributed by atoms with E-state index < -0.39 is 0 Å². The molecule has 2 aromatic rings. The van der Waals surface area contributed by atoms with Crippen LogP contribution in [0.1, 0.15) is 10.8 Å². The highest BCUT2D eigenvalue weighted by Crippen LogP contribution is 2.09. The highest BCUT2D eigenvalue weighted by atomic mass is 32.1. The molecule has 0 aromatic carbocycles. The van der Waals surface area contributed by atoms with Gasteiger partial charge >= 0.3 is 6.01 Å². The minimum atomic E-state index is 0.450. The number of thiazole rings is 1. The predicted molar refractivity (Wildman–Crippen MR) is 48.5 cm³/mol. The zero-order valence-corrected chi connectivity index (χ0v) is 7.84. The zero-order chi connectivity index (χ0) is 9.10. The lowest BCUT2D eigenvalue weighted by Crippen LogP contribution is -1.97. The molecule has 0 bridgehead atoms. The average molecular weight is 196 g/mol. The average Bonchev–Trinajstić information content (AvgIpc) is 2.71. The molecule has 1 N–H and O–H groups in total. The van der Waals surface area contributed by atoms with Gasteiger partial charge in [0.15, 0.2) is 0 Å². The van der Waals surface area contributed by atoms with Crippen molar-refractivity contribution in [3.05, 3.63) is 22.5 Å². The Bertz CT molecular complexity index is 370. The molecule has 0 radical (unpaired) electrons. The second-order valence-corrected chi connectivity index (χ2v) is 3.42. The normalized spacial score (nSPS) is 10.2. The van der Waals surface area contributed by atoms with E-state index in [-0.39, 0.29) is 0 Å². The van der Waals surface area contributed by atoms with Crippen molar-refractivity contribution in [1.82, 2.24) is 15.2 Å². The minimum absolute atomic E-state index is 0.450. The fraction of sp³-hybridized carbons (Fsp3) is 0.286. The summed E-state index contributed by atoms with van der Waals surface area (Å²) in [5.74, 6) is 0.562. The molecule has 2 heterocycles. The Hall–Kier alpha value is -1.43. The molecule has 68 valence electrons. The summed E-state index contributed by atoms with van der Waals surface area (Å²) in [4.78, 5) is 5.09. The van der Waals surface area contributed by atoms with Gasteiger partial charge in [-0.2, -0.15) is 0 Å². The predicted octanol–water partition coefficient (Wildman–Crippen LogP) is 1.45. The summed E-state index contributed by atoms with van der Waals surface area (Å²) in [6.45, 7) is 2.43. The van der Waals surface area contributed by atoms with Gasteiger partial charge in [0.25, 0.3) is 0 Å². The van der Waals surface area contributed by atoms with Gasteiger partial charge in [-0.05, 0) is 0 Å². The summed E-state index contributed by atoms with van der Waals surface area (Å²) < 4.78 is 5.13. The van der Waals surface area contributed by atoms with E-state index in [4.69, 9.17) is 4.42 Å². The van der Waals surface area contributed by atoms with Crippen molar-refractivity contribution in [2.45, 2.75) is 13.5 Å². The molecule has 0 amide bonds. The van der Waals surface area contributed by atoms with Crippen LogP contribution in [0.25, 0.3) is 0 Å². The fourth-order valence-corrected chi connectivity index (χ4v) is 1.39.